The van der Waals surface area contributed by atoms with Crippen molar-refractivity contribution in [3.63, 3.8) is 0 Å². The van der Waals surface area contributed by atoms with Gasteiger partial charge in [0.15, 0.2) is 5.82 Å². The summed E-state index contributed by atoms with van der Waals surface area (Å²) in [6.45, 7) is 2.79. The van der Waals surface area contributed by atoms with E-state index in [-0.39, 0.29) is 0 Å². The first kappa shape index (κ1) is 19.6. The summed E-state index contributed by atoms with van der Waals surface area (Å²) in [4.78, 5) is 12.1. The van der Waals surface area contributed by atoms with Gasteiger partial charge >= 0.3 is 0 Å². The molecule has 4 rings (SSSR count). The van der Waals surface area contributed by atoms with Crippen LogP contribution in [-0.2, 0) is 10.5 Å². The van der Waals surface area contributed by atoms with Crippen molar-refractivity contribution < 1.29 is 13.5 Å². The quantitative estimate of drug-likeness (QED) is 0.500. The predicted molar refractivity (Wildman–Crippen MR) is 111 cm³/mol. The second kappa shape index (κ2) is 8.75. The molecule has 0 aliphatic carbocycles. The molecule has 1 saturated heterocycles. The van der Waals surface area contributed by atoms with E-state index in [1.54, 1.807) is 0 Å². The Morgan fingerprint density at radius 2 is 1.66 bits per heavy atom. The molecule has 150 valence electrons. The fourth-order valence-corrected chi connectivity index (χ4v) is 3.90. The number of nitrogens with two attached hydrogens (primary N) is 1. The lowest BCUT2D eigenvalue weighted by Gasteiger charge is -2.28. The number of benzene rings is 2. The Kier molecular flexibility index (Phi) is 5.92. The van der Waals surface area contributed by atoms with Gasteiger partial charge in [-0.3, -0.25) is 0 Å². The zero-order valence-electron chi connectivity index (χ0n) is 15.6. The Morgan fingerprint density at radius 3 is 2.34 bits per heavy atom. The van der Waals surface area contributed by atoms with Crippen molar-refractivity contribution in [2.45, 2.75) is 10.6 Å². The van der Waals surface area contributed by atoms with Crippen molar-refractivity contribution >= 4 is 23.3 Å². The number of anilines is 2. The molecule has 2 N–H and O–H groups in total. The molecule has 0 saturated carbocycles. The van der Waals surface area contributed by atoms with Crippen molar-refractivity contribution in [3.05, 3.63) is 65.9 Å². The molecule has 0 spiro atoms. The molecule has 5 nitrogen and oxygen atoms in total. The van der Waals surface area contributed by atoms with E-state index < -0.39 is 11.6 Å². The number of rotatable bonds is 5. The Hall–Kier alpha value is -2.71. The largest absolute Gasteiger partial charge is 0.399 e. The van der Waals surface area contributed by atoms with Crippen LogP contribution >= 0.6 is 11.8 Å². The van der Waals surface area contributed by atoms with Gasteiger partial charge in [0, 0.05) is 47.1 Å². The zero-order chi connectivity index (χ0) is 20.2. The van der Waals surface area contributed by atoms with E-state index in [2.05, 4.69) is 9.88 Å². The highest BCUT2D eigenvalue weighted by Crippen LogP contribution is 2.27. The molecule has 1 aliphatic heterocycles. The molecular formula is C21H20F2N4OS. The molecule has 2 heterocycles. The molecule has 2 aromatic carbocycles. The molecular weight excluding hydrogens is 394 g/mol. The number of thioether (sulfide) groups is 1. The van der Waals surface area contributed by atoms with Crippen molar-refractivity contribution in [3.8, 4) is 11.4 Å². The van der Waals surface area contributed by atoms with Crippen molar-refractivity contribution in [1.82, 2.24) is 9.97 Å². The number of nitrogens with zero attached hydrogens (tertiary/aromatic N) is 3. The van der Waals surface area contributed by atoms with Crippen LogP contribution < -0.4 is 10.6 Å². The lowest BCUT2D eigenvalue weighted by molar-refractivity contribution is 0.122. The van der Waals surface area contributed by atoms with Gasteiger partial charge in [-0.2, -0.15) is 0 Å². The van der Waals surface area contributed by atoms with Gasteiger partial charge in [-0.15, -0.1) is 11.8 Å². The SMILES string of the molecule is Nc1ccc(-c2nc(CSc3cc(F)cc(F)c3)cc(N3CCOCC3)n2)cc1. The molecule has 0 unspecified atom stereocenters. The summed E-state index contributed by atoms with van der Waals surface area (Å²) >= 11 is 1.33. The Balaban J connectivity index is 1.64. The van der Waals surface area contributed by atoms with Crippen LogP contribution in [0.25, 0.3) is 11.4 Å². The molecule has 3 aromatic rings. The first-order chi connectivity index (χ1) is 14.1. The molecule has 1 aromatic heterocycles. The highest BCUT2D eigenvalue weighted by atomic mass is 32.2. The molecule has 0 bridgehead atoms. The smallest absolute Gasteiger partial charge is 0.161 e. The minimum Gasteiger partial charge on any atom is -0.399 e. The van der Waals surface area contributed by atoms with Gasteiger partial charge in [0.1, 0.15) is 17.5 Å². The number of hydrogen-bond acceptors (Lipinski definition) is 6. The number of aromatic nitrogens is 2. The van der Waals surface area contributed by atoms with E-state index in [1.807, 2.05) is 30.3 Å². The number of nitrogen functional groups attached to an aromatic ring is 1. The first-order valence-corrected chi connectivity index (χ1v) is 10.2. The highest BCUT2D eigenvalue weighted by Gasteiger charge is 2.16. The maximum Gasteiger partial charge on any atom is 0.161 e. The second-order valence-corrected chi connectivity index (χ2v) is 7.71. The fourth-order valence-electron chi connectivity index (χ4n) is 3.04. The number of halogens is 2. The van der Waals surface area contributed by atoms with Gasteiger partial charge in [-0.25, -0.2) is 18.7 Å². The summed E-state index contributed by atoms with van der Waals surface area (Å²) in [5.74, 6) is 0.690. The number of hydrogen-bond donors (Lipinski definition) is 1. The lowest BCUT2D eigenvalue weighted by atomic mass is 10.2. The van der Waals surface area contributed by atoms with Crippen LogP contribution in [0.5, 0.6) is 0 Å². The van der Waals surface area contributed by atoms with Gasteiger partial charge in [-0.05, 0) is 36.4 Å². The third-order valence-electron chi connectivity index (χ3n) is 4.49. The van der Waals surface area contributed by atoms with Crippen molar-refractivity contribution in [2.75, 3.05) is 36.9 Å². The predicted octanol–water partition coefficient (Wildman–Crippen LogP) is 4.13. The van der Waals surface area contributed by atoms with E-state index in [0.29, 0.717) is 35.4 Å². The van der Waals surface area contributed by atoms with Gasteiger partial charge in [0.25, 0.3) is 0 Å². The first-order valence-electron chi connectivity index (χ1n) is 9.22. The van der Waals surface area contributed by atoms with Crippen LogP contribution in [0.4, 0.5) is 20.3 Å². The molecule has 1 aliphatic rings. The monoisotopic (exact) mass is 414 g/mol. The van der Waals surface area contributed by atoms with Crippen molar-refractivity contribution in [2.24, 2.45) is 0 Å². The maximum absolute atomic E-state index is 13.5. The van der Waals surface area contributed by atoms with E-state index in [9.17, 15) is 8.78 Å². The van der Waals surface area contributed by atoms with Crippen LogP contribution in [0.2, 0.25) is 0 Å². The third kappa shape index (κ3) is 5.02. The summed E-state index contributed by atoms with van der Waals surface area (Å²) < 4.78 is 32.4. The van der Waals surface area contributed by atoms with E-state index in [4.69, 9.17) is 15.5 Å². The van der Waals surface area contributed by atoms with Gasteiger partial charge in [-0.1, -0.05) is 0 Å². The van der Waals surface area contributed by atoms with Crippen LogP contribution in [-0.4, -0.2) is 36.3 Å². The van der Waals surface area contributed by atoms with E-state index >= 15 is 0 Å². The lowest BCUT2D eigenvalue weighted by Crippen LogP contribution is -2.37. The Morgan fingerprint density at radius 1 is 0.966 bits per heavy atom. The van der Waals surface area contributed by atoms with Gasteiger partial charge in [0.05, 0.1) is 18.9 Å². The molecule has 0 amide bonds. The molecule has 1 fully saturated rings. The molecule has 8 heteroatoms. The van der Waals surface area contributed by atoms with E-state index in [1.165, 1.54) is 23.9 Å². The highest BCUT2D eigenvalue weighted by molar-refractivity contribution is 7.98. The minimum atomic E-state index is -0.591. The average molecular weight is 414 g/mol. The van der Waals surface area contributed by atoms with Gasteiger partial charge < -0.3 is 15.4 Å². The third-order valence-corrected chi connectivity index (χ3v) is 5.50. The average Bonchev–Trinajstić information content (AvgIpc) is 2.72. The molecule has 29 heavy (non-hydrogen) atoms. The number of morpholine rings is 1. The Bertz CT molecular complexity index is 974. The molecule has 0 radical (unpaired) electrons. The van der Waals surface area contributed by atoms with Crippen LogP contribution in [0.1, 0.15) is 5.69 Å². The minimum absolute atomic E-state index is 0.463. The standard InChI is InChI=1S/C21H20F2N4OS/c22-15-9-16(23)11-19(10-15)29-13-18-12-20(27-5-7-28-8-6-27)26-21(25-18)14-1-3-17(24)4-2-14/h1-4,9-12H,5-8,13,24H2. The van der Waals surface area contributed by atoms with Gasteiger partial charge in [0.2, 0.25) is 0 Å². The summed E-state index contributed by atoms with van der Waals surface area (Å²) in [5, 5.41) is 0. The fraction of sp³-hybridized carbons (Fsp3) is 0.238. The normalized spacial score (nSPS) is 14.2. The molecule has 0 atom stereocenters. The van der Waals surface area contributed by atoms with Crippen molar-refractivity contribution in [1.29, 1.82) is 0 Å². The van der Waals surface area contributed by atoms with Crippen LogP contribution in [0.15, 0.2) is 53.4 Å². The summed E-state index contributed by atoms with van der Waals surface area (Å²) in [6.07, 6.45) is 0. The summed E-state index contributed by atoms with van der Waals surface area (Å²) in [6, 6.07) is 12.8. The number of ether oxygens (including phenoxy) is 1. The second-order valence-electron chi connectivity index (χ2n) is 6.66. The van der Waals surface area contributed by atoms with E-state index in [0.717, 1.165) is 36.2 Å². The summed E-state index contributed by atoms with van der Waals surface area (Å²) in [7, 11) is 0. The Labute approximate surface area is 171 Å². The van der Waals surface area contributed by atoms with Crippen LogP contribution in [0, 0.1) is 11.6 Å². The zero-order valence-corrected chi connectivity index (χ0v) is 16.5. The topological polar surface area (TPSA) is 64.3 Å². The summed E-state index contributed by atoms with van der Waals surface area (Å²) in [5.41, 5.74) is 8.10. The maximum atomic E-state index is 13.5. The van der Waals surface area contributed by atoms with Crippen LogP contribution in [0.3, 0.4) is 0 Å².